The number of urea groups is 1. The van der Waals surface area contributed by atoms with Crippen molar-refractivity contribution in [2.75, 3.05) is 24.2 Å². The minimum absolute atomic E-state index is 0.253. The van der Waals surface area contributed by atoms with Gasteiger partial charge in [0.25, 0.3) is 5.91 Å². The Balaban J connectivity index is 1.38. The van der Waals surface area contributed by atoms with Crippen LogP contribution in [0.4, 0.5) is 16.2 Å². The van der Waals surface area contributed by atoms with Gasteiger partial charge in [0.15, 0.2) is 0 Å². The Morgan fingerprint density at radius 1 is 1.09 bits per heavy atom. The fourth-order valence-electron chi connectivity index (χ4n) is 4.57. The molecule has 1 saturated heterocycles. The molecule has 0 radical (unpaired) electrons. The van der Waals surface area contributed by atoms with E-state index in [1.807, 2.05) is 0 Å². The van der Waals surface area contributed by atoms with Gasteiger partial charge in [-0.25, -0.2) is 4.79 Å². The molecule has 174 valence electrons. The number of nitrogens with one attached hydrogen (secondary N) is 2. The average molecular weight is 453 g/mol. The molecule has 2 N–H and O–H groups in total. The van der Waals surface area contributed by atoms with Crippen LogP contribution in [0.25, 0.3) is 0 Å². The minimum atomic E-state index is -0.814. The number of likely N-dealkylation sites (N-methyl/N-ethyl adjacent to an activating group) is 1. The first-order valence-corrected chi connectivity index (χ1v) is 11.1. The number of rotatable bonds is 6. The zero-order valence-corrected chi connectivity index (χ0v) is 18.8. The van der Waals surface area contributed by atoms with Crippen molar-refractivity contribution in [2.45, 2.75) is 50.6 Å². The molecule has 4 rings (SSSR count). The fraction of sp³-hybridized carbons (Fsp3) is 0.435. The molecule has 1 unspecified atom stereocenters. The lowest BCUT2D eigenvalue weighted by atomic mass is 9.81. The van der Waals surface area contributed by atoms with E-state index >= 15 is 0 Å². The van der Waals surface area contributed by atoms with Gasteiger partial charge in [0.1, 0.15) is 18.1 Å². The number of amides is 5. The molecule has 1 atom stereocenters. The molecule has 2 fully saturated rings. The van der Waals surface area contributed by atoms with Gasteiger partial charge in [-0.1, -0.05) is 25.3 Å². The van der Waals surface area contributed by atoms with Crippen LogP contribution in [0.1, 0.15) is 45.1 Å². The summed E-state index contributed by atoms with van der Waals surface area (Å²) >= 11 is 0. The number of anilines is 2. The number of benzene rings is 1. The van der Waals surface area contributed by atoms with Crippen molar-refractivity contribution in [3.63, 3.8) is 0 Å². The third kappa shape index (κ3) is 4.33. The lowest BCUT2D eigenvalue weighted by molar-refractivity contribution is -0.136. The van der Waals surface area contributed by atoms with Gasteiger partial charge in [0.2, 0.25) is 11.8 Å². The maximum absolute atomic E-state index is 13.1. The van der Waals surface area contributed by atoms with E-state index in [2.05, 4.69) is 15.7 Å². The second kappa shape index (κ2) is 9.05. The van der Waals surface area contributed by atoms with Gasteiger partial charge in [0, 0.05) is 30.8 Å². The van der Waals surface area contributed by atoms with Crippen molar-refractivity contribution < 1.29 is 19.2 Å². The number of aromatic nitrogens is 2. The van der Waals surface area contributed by atoms with Crippen LogP contribution in [0.15, 0.2) is 42.7 Å². The molecule has 1 aliphatic carbocycles. The van der Waals surface area contributed by atoms with Crippen molar-refractivity contribution in [1.82, 2.24) is 19.6 Å². The van der Waals surface area contributed by atoms with Crippen LogP contribution < -0.4 is 10.6 Å². The quantitative estimate of drug-likeness (QED) is 0.654. The first-order valence-electron chi connectivity index (χ1n) is 11.1. The molecule has 2 aliphatic rings. The zero-order valence-electron chi connectivity index (χ0n) is 18.8. The van der Waals surface area contributed by atoms with Gasteiger partial charge in [-0.05, 0) is 44.0 Å². The van der Waals surface area contributed by atoms with E-state index in [9.17, 15) is 19.2 Å². The van der Waals surface area contributed by atoms with Crippen LogP contribution in [-0.4, -0.2) is 62.5 Å². The van der Waals surface area contributed by atoms with Crippen molar-refractivity contribution in [2.24, 2.45) is 0 Å². The second-order valence-corrected chi connectivity index (χ2v) is 8.61. The van der Waals surface area contributed by atoms with Crippen LogP contribution in [0.5, 0.6) is 0 Å². The maximum atomic E-state index is 13.1. The average Bonchev–Trinajstić information content (AvgIpc) is 3.40. The van der Waals surface area contributed by atoms with Crippen molar-refractivity contribution in [3.05, 3.63) is 42.7 Å². The first kappa shape index (κ1) is 22.5. The van der Waals surface area contributed by atoms with Gasteiger partial charge in [0.05, 0.1) is 0 Å². The molecule has 1 saturated carbocycles. The fourth-order valence-corrected chi connectivity index (χ4v) is 4.57. The number of carbonyl (C=O) groups excluding carboxylic acids is 4. The Labute approximate surface area is 191 Å². The highest BCUT2D eigenvalue weighted by atomic mass is 16.2. The summed E-state index contributed by atoms with van der Waals surface area (Å²) in [5.74, 6) is -1.03. The van der Waals surface area contributed by atoms with Gasteiger partial charge in [-0.15, -0.1) is 0 Å². The van der Waals surface area contributed by atoms with Crippen LogP contribution in [0.3, 0.4) is 0 Å². The Bertz CT molecular complexity index is 1060. The Kier molecular flexibility index (Phi) is 6.17. The van der Waals surface area contributed by atoms with Crippen LogP contribution in [-0.2, 0) is 14.4 Å². The molecule has 2 aromatic rings. The Morgan fingerprint density at radius 3 is 2.45 bits per heavy atom. The van der Waals surface area contributed by atoms with E-state index < -0.39 is 23.5 Å². The molecule has 10 nitrogen and oxygen atoms in total. The topological polar surface area (TPSA) is 117 Å². The van der Waals surface area contributed by atoms with Crippen molar-refractivity contribution >= 4 is 35.1 Å². The van der Waals surface area contributed by atoms with Crippen molar-refractivity contribution in [1.29, 1.82) is 0 Å². The summed E-state index contributed by atoms with van der Waals surface area (Å²) in [4.78, 5) is 53.4. The molecule has 1 aromatic carbocycles. The van der Waals surface area contributed by atoms with Gasteiger partial charge >= 0.3 is 6.03 Å². The summed E-state index contributed by atoms with van der Waals surface area (Å²) in [6.45, 7) is 1.38. The van der Waals surface area contributed by atoms with E-state index in [0.717, 1.165) is 24.2 Å². The number of carbonyl (C=O) groups is 4. The molecule has 2 heterocycles. The number of imide groups is 1. The number of hydrogen-bond acceptors (Lipinski definition) is 5. The lowest BCUT2D eigenvalue weighted by Crippen LogP contribution is -2.49. The number of nitrogens with zero attached hydrogens (tertiary/aromatic N) is 4. The molecule has 1 spiro atoms. The van der Waals surface area contributed by atoms with Crippen molar-refractivity contribution in [3.8, 4) is 0 Å². The SMILES string of the molecule is CC(C(=O)Nc1cccc(NC(=O)CN2C(=O)N(C)C3(CCCCC3)C2=O)c1)n1cccn1. The minimum Gasteiger partial charge on any atom is -0.324 e. The largest absolute Gasteiger partial charge is 0.327 e. The van der Waals surface area contributed by atoms with Crippen LogP contribution in [0, 0.1) is 0 Å². The van der Waals surface area contributed by atoms with E-state index in [1.54, 1.807) is 61.4 Å². The third-order valence-corrected chi connectivity index (χ3v) is 6.50. The molecule has 5 amide bonds. The van der Waals surface area contributed by atoms with E-state index in [-0.39, 0.29) is 18.4 Å². The van der Waals surface area contributed by atoms with Gasteiger partial charge in [-0.3, -0.25) is 24.0 Å². The standard InChI is InChI=1S/C23H28N6O4/c1-16(29-13-7-12-24-29)20(31)26-18-9-6-8-17(14-18)25-19(30)15-28-21(32)23(27(2)22(28)33)10-4-3-5-11-23/h6-9,12-14,16H,3-5,10-11,15H2,1-2H3,(H,25,30)(H,26,31). The molecule has 33 heavy (non-hydrogen) atoms. The summed E-state index contributed by atoms with van der Waals surface area (Å²) in [7, 11) is 1.64. The van der Waals surface area contributed by atoms with Crippen LogP contribution >= 0.6 is 0 Å². The monoisotopic (exact) mass is 452 g/mol. The molecule has 1 aliphatic heterocycles. The predicted molar refractivity (Wildman–Crippen MR) is 121 cm³/mol. The normalized spacial score (nSPS) is 18.5. The highest BCUT2D eigenvalue weighted by Gasteiger charge is 2.55. The van der Waals surface area contributed by atoms with E-state index in [1.165, 1.54) is 4.90 Å². The third-order valence-electron chi connectivity index (χ3n) is 6.50. The van der Waals surface area contributed by atoms with E-state index in [4.69, 9.17) is 0 Å². The summed E-state index contributed by atoms with van der Waals surface area (Å²) in [5, 5.41) is 9.58. The summed E-state index contributed by atoms with van der Waals surface area (Å²) in [5.41, 5.74) is 0.140. The Morgan fingerprint density at radius 2 is 1.79 bits per heavy atom. The lowest BCUT2D eigenvalue weighted by Gasteiger charge is -2.35. The highest BCUT2D eigenvalue weighted by Crippen LogP contribution is 2.39. The highest BCUT2D eigenvalue weighted by molar-refractivity contribution is 6.10. The summed E-state index contributed by atoms with van der Waals surface area (Å²) in [6, 6.07) is 7.49. The van der Waals surface area contributed by atoms with Gasteiger partial charge < -0.3 is 15.5 Å². The van der Waals surface area contributed by atoms with E-state index in [0.29, 0.717) is 24.2 Å². The zero-order chi connectivity index (χ0) is 23.6. The van der Waals surface area contributed by atoms with Gasteiger partial charge in [-0.2, -0.15) is 5.10 Å². The molecular formula is C23H28N6O4. The molecule has 0 bridgehead atoms. The van der Waals surface area contributed by atoms with Crippen LogP contribution in [0.2, 0.25) is 0 Å². The summed E-state index contributed by atoms with van der Waals surface area (Å²) in [6.07, 6.45) is 7.39. The Hall–Kier alpha value is -3.69. The predicted octanol–water partition coefficient (Wildman–Crippen LogP) is 2.62. The summed E-state index contributed by atoms with van der Waals surface area (Å²) < 4.78 is 1.54. The first-order chi connectivity index (χ1) is 15.8. The molecular weight excluding hydrogens is 424 g/mol. The smallest absolute Gasteiger partial charge is 0.324 e. The second-order valence-electron chi connectivity index (χ2n) is 8.61. The molecule has 1 aromatic heterocycles. The maximum Gasteiger partial charge on any atom is 0.327 e. The number of hydrogen-bond donors (Lipinski definition) is 2. The molecule has 10 heteroatoms.